The van der Waals surface area contributed by atoms with Crippen molar-refractivity contribution in [3.8, 4) is 0 Å². The largest absolute Gasteiger partial charge is 0.472 e. The summed E-state index contributed by atoms with van der Waals surface area (Å²) in [5.74, 6) is -1.68. The molecule has 0 saturated carbocycles. The van der Waals surface area contributed by atoms with E-state index in [2.05, 4.69) is 142 Å². The van der Waals surface area contributed by atoms with Crippen molar-refractivity contribution < 1.29 is 75.8 Å². The predicted octanol–water partition coefficient (Wildman–Crippen LogP) is 18.4. The maximum atomic E-state index is 12.9. The second kappa shape index (κ2) is 63.8. The first-order chi connectivity index (χ1) is 43.2. The number of carbonyl (C=O) groups is 3. The van der Waals surface area contributed by atoms with Gasteiger partial charge in [0.2, 0.25) is 0 Å². The second-order valence-electron chi connectivity index (χ2n) is 21.9. The quantitative estimate of drug-likeness (QED) is 0.0146. The van der Waals surface area contributed by atoms with Crippen LogP contribution in [0.2, 0.25) is 0 Å². The Balaban J connectivity index is 4.77. The van der Waals surface area contributed by atoms with Crippen molar-refractivity contribution in [2.45, 2.75) is 257 Å². The van der Waals surface area contributed by atoms with Crippen molar-refractivity contribution in [1.29, 1.82) is 0 Å². The molecule has 0 aromatic heterocycles. The summed E-state index contributed by atoms with van der Waals surface area (Å²) in [5, 5.41) is 20.5. The molecule has 0 aliphatic heterocycles. The van der Waals surface area contributed by atoms with Gasteiger partial charge in [0.1, 0.15) is 25.4 Å². The van der Waals surface area contributed by atoms with Crippen molar-refractivity contribution in [1.82, 2.24) is 0 Å². The van der Waals surface area contributed by atoms with Gasteiger partial charge in [0.05, 0.1) is 26.4 Å². The fraction of sp³-hybridized carbons (Fsp3) is 0.648. The average molecular weight is 1290 g/mol. The van der Waals surface area contributed by atoms with Gasteiger partial charge in [-0.15, -0.1) is 0 Å². The highest BCUT2D eigenvalue weighted by Crippen LogP contribution is 2.45. The van der Waals surface area contributed by atoms with E-state index in [1.807, 2.05) is 12.2 Å². The molecule has 0 saturated heterocycles. The van der Waals surface area contributed by atoms with E-state index in [0.717, 1.165) is 154 Å². The zero-order chi connectivity index (χ0) is 65.3. The van der Waals surface area contributed by atoms with Crippen LogP contribution < -0.4 is 0 Å². The maximum absolute atomic E-state index is 12.9. The molecule has 0 bridgehead atoms. The van der Waals surface area contributed by atoms with E-state index in [9.17, 15) is 43.5 Å². The molecule has 0 aromatic rings. The topological polar surface area (TPSA) is 231 Å². The number of allylic oxidation sites excluding steroid dienone is 22. The summed E-state index contributed by atoms with van der Waals surface area (Å²) in [6.45, 7) is 2.30. The van der Waals surface area contributed by atoms with Gasteiger partial charge in [-0.05, 0) is 128 Å². The standard InChI is InChI=1S/C71H118O16P2/c1-4-7-10-13-16-19-22-25-28-31-32-35-37-39-42-45-48-51-54-57-69(74)81-60-66(72)61-83-88(77,78)84-62-67(73)63-85-89(79,80)86-65-68(87-71(76)59-56-53-50-47-44-41-38-34-30-27-24-21-18-15-12-9-6-3)64-82-70(75)58-55-52-49-46-43-40-36-33-29-26-23-20-17-14-11-8-5-2/h8-9,11-12,16-21,25-30,32,35-36,40,46,49,66-68,72-73H,4-7,10,13-15,22-24,31,33-34,37-39,41-45,47-48,50-65H2,1-3H3,(H,77,78)(H,79,80)/b11-8-,12-9-,19-16-,20-17-,21-18-,28-25-,29-26-,30-27-,35-32-,40-36-,49-46-. The zero-order valence-electron chi connectivity index (χ0n) is 54.8. The predicted molar refractivity (Wildman–Crippen MR) is 362 cm³/mol. The lowest BCUT2D eigenvalue weighted by Crippen LogP contribution is -2.30. The number of ether oxygens (including phenoxy) is 3. The first-order valence-corrected chi connectivity index (χ1v) is 36.5. The van der Waals surface area contributed by atoms with Crippen LogP contribution in [-0.2, 0) is 55.8 Å². The second-order valence-corrected chi connectivity index (χ2v) is 24.8. The van der Waals surface area contributed by atoms with E-state index < -0.39 is 91.5 Å². The Morgan fingerprint density at radius 2 is 0.607 bits per heavy atom. The van der Waals surface area contributed by atoms with Crippen LogP contribution in [0.4, 0.5) is 0 Å². The number of hydrogen-bond donors (Lipinski definition) is 4. The van der Waals surface area contributed by atoms with Crippen molar-refractivity contribution in [2.75, 3.05) is 39.6 Å². The van der Waals surface area contributed by atoms with Crippen molar-refractivity contribution in [3.05, 3.63) is 134 Å². The number of unbranched alkanes of at least 4 members (excludes halogenated alkanes) is 17. The summed E-state index contributed by atoms with van der Waals surface area (Å²) in [4.78, 5) is 58.3. The molecule has 18 heteroatoms. The molecule has 0 fully saturated rings. The first-order valence-electron chi connectivity index (χ1n) is 33.5. The van der Waals surface area contributed by atoms with Crippen LogP contribution in [-0.4, -0.2) is 95.9 Å². The van der Waals surface area contributed by atoms with Gasteiger partial charge < -0.3 is 34.2 Å². The van der Waals surface area contributed by atoms with Crippen LogP contribution >= 0.6 is 15.6 Å². The number of aliphatic hydroxyl groups excluding tert-OH is 2. The Morgan fingerprint density at radius 3 is 0.989 bits per heavy atom. The van der Waals surface area contributed by atoms with Crippen LogP contribution in [0.3, 0.4) is 0 Å². The smallest absolute Gasteiger partial charge is 0.463 e. The van der Waals surface area contributed by atoms with E-state index in [1.54, 1.807) is 0 Å². The molecule has 4 N–H and O–H groups in total. The Hall–Kier alpha value is -4.31. The molecule has 16 nitrogen and oxygen atoms in total. The number of esters is 3. The van der Waals surface area contributed by atoms with Gasteiger partial charge in [-0.3, -0.25) is 32.5 Å². The molecule has 5 atom stereocenters. The lowest BCUT2D eigenvalue weighted by atomic mass is 10.1. The number of aliphatic hydroxyl groups is 2. The van der Waals surface area contributed by atoms with E-state index >= 15 is 0 Å². The molecule has 0 aliphatic carbocycles. The Labute approximate surface area is 537 Å². The van der Waals surface area contributed by atoms with Gasteiger partial charge in [-0.25, -0.2) is 9.13 Å². The highest BCUT2D eigenvalue weighted by Gasteiger charge is 2.29. The molecule has 0 rings (SSSR count). The van der Waals surface area contributed by atoms with Crippen LogP contribution in [0.5, 0.6) is 0 Å². The normalized spacial score (nSPS) is 15.1. The summed E-state index contributed by atoms with van der Waals surface area (Å²) >= 11 is 0. The zero-order valence-corrected chi connectivity index (χ0v) is 56.6. The summed E-state index contributed by atoms with van der Waals surface area (Å²) in [6.07, 6.45) is 73.6. The van der Waals surface area contributed by atoms with E-state index in [0.29, 0.717) is 25.7 Å². The molecule has 89 heavy (non-hydrogen) atoms. The lowest BCUT2D eigenvalue weighted by Gasteiger charge is -2.21. The Bertz CT molecular complexity index is 2160. The van der Waals surface area contributed by atoms with E-state index in [1.165, 1.54) is 19.3 Å². The number of hydrogen-bond acceptors (Lipinski definition) is 14. The molecule has 0 heterocycles. The molecule has 5 unspecified atom stereocenters. The fourth-order valence-corrected chi connectivity index (χ4v) is 9.86. The number of rotatable bonds is 62. The van der Waals surface area contributed by atoms with Crippen LogP contribution in [0, 0.1) is 0 Å². The van der Waals surface area contributed by atoms with Crippen molar-refractivity contribution in [2.24, 2.45) is 0 Å². The molecule has 0 aliphatic rings. The van der Waals surface area contributed by atoms with Crippen LogP contribution in [0.15, 0.2) is 134 Å². The number of carbonyl (C=O) groups excluding carboxylic acids is 3. The van der Waals surface area contributed by atoms with E-state index in [4.69, 9.17) is 32.3 Å². The third-order valence-electron chi connectivity index (χ3n) is 13.3. The van der Waals surface area contributed by atoms with Gasteiger partial charge in [0.25, 0.3) is 0 Å². The Morgan fingerprint density at radius 1 is 0.326 bits per heavy atom. The third kappa shape index (κ3) is 65.0. The van der Waals surface area contributed by atoms with Crippen LogP contribution in [0.25, 0.3) is 0 Å². The van der Waals surface area contributed by atoms with Crippen LogP contribution in [0.1, 0.15) is 239 Å². The van der Waals surface area contributed by atoms with Crippen molar-refractivity contribution in [3.63, 3.8) is 0 Å². The number of phosphoric acid groups is 2. The minimum absolute atomic E-state index is 0.0761. The molecule has 508 valence electrons. The minimum atomic E-state index is -4.94. The maximum Gasteiger partial charge on any atom is 0.472 e. The summed E-state index contributed by atoms with van der Waals surface area (Å²) in [7, 11) is -9.81. The molecule has 0 spiro atoms. The summed E-state index contributed by atoms with van der Waals surface area (Å²) in [6, 6.07) is 0. The SMILES string of the molecule is CC/C=C\C/C=C\C/C=C\C/C=C\C/C=C\CCCC(=O)OCC(COP(=O)(O)OCC(O)COP(=O)(O)OCC(O)COC(=O)CCCCCCCC/C=C\C/C=C\C/C=C\CCCCC)OC(=O)CCCCCCCCC/C=C\C/C=C\C/C=C\CC. The van der Waals surface area contributed by atoms with Gasteiger partial charge in [-0.2, -0.15) is 0 Å². The monoisotopic (exact) mass is 1290 g/mol. The van der Waals surface area contributed by atoms with Gasteiger partial charge in [0, 0.05) is 19.3 Å². The lowest BCUT2D eigenvalue weighted by molar-refractivity contribution is -0.161. The van der Waals surface area contributed by atoms with Crippen molar-refractivity contribution >= 4 is 33.6 Å². The van der Waals surface area contributed by atoms with Gasteiger partial charge in [-0.1, -0.05) is 225 Å². The summed E-state index contributed by atoms with van der Waals surface area (Å²) < 4.78 is 60.8. The minimum Gasteiger partial charge on any atom is -0.463 e. The van der Waals surface area contributed by atoms with E-state index in [-0.39, 0.29) is 19.3 Å². The molecule has 0 aromatic carbocycles. The Kier molecular flexibility index (Phi) is 60.7. The van der Waals surface area contributed by atoms with Gasteiger partial charge >= 0.3 is 33.6 Å². The molecule has 0 amide bonds. The first kappa shape index (κ1) is 84.7. The van der Waals surface area contributed by atoms with Gasteiger partial charge in [0.15, 0.2) is 6.10 Å². The fourth-order valence-electron chi connectivity index (χ4n) is 8.27. The molecular weight excluding hydrogens is 1170 g/mol. The summed E-state index contributed by atoms with van der Waals surface area (Å²) in [5.41, 5.74) is 0. The third-order valence-corrected chi connectivity index (χ3v) is 15.2. The molecular formula is C71H118O16P2. The average Bonchev–Trinajstić information content (AvgIpc) is 3.67. The highest BCUT2D eigenvalue weighted by molar-refractivity contribution is 7.47. The highest BCUT2D eigenvalue weighted by atomic mass is 31.2. The number of phosphoric ester groups is 2. The molecule has 0 radical (unpaired) electrons.